The zero-order valence-electron chi connectivity index (χ0n) is 12.6. The third kappa shape index (κ3) is 3.21. The number of hydrogen-bond acceptors (Lipinski definition) is 3. The van der Waals surface area contributed by atoms with Crippen LogP contribution in [0.2, 0.25) is 0 Å². The molecule has 1 aromatic carbocycles. The van der Waals surface area contributed by atoms with E-state index in [9.17, 15) is 4.79 Å². The molecule has 1 aliphatic rings. The molecule has 0 amide bonds. The van der Waals surface area contributed by atoms with Gasteiger partial charge in [-0.05, 0) is 30.4 Å². The molecule has 0 bridgehead atoms. The van der Waals surface area contributed by atoms with E-state index in [0.717, 1.165) is 18.6 Å². The van der Waals surface area contributed by atoms with Gasteiger partial charge in [-0.1, -0.05) is 39.0 Å². The van der Waals surface area contributed by atoms with Gasteiger partial charge in [0.2, 0.25) is 0 Å². The fraction of sp³-hybridized carbons (Fsp3) is 0.588. The average molecular weight is 276 g/mol. The van der Waals surface area contributed by atoms with Crippen LogP contribution in [0.4, 0.5) is 0 Å². The molecular weight excluding hydrogens is 252 g/mol. The molecule has 3 atom stereocenters. The Labute approximate surface area is 121 Å². The minimum absolute atomic E-state index is 0.126. The first-order valence-corrected chi connectivity index (χ1v) is 7.57. The molecule has 3 heteroatoms. The second kappa shape index (κ2) is 6.89. The second-order valence-corrected chi connectivity index (χ2v) is 5.47. The first-order chi connectivity index (χ1) is 9.67. The van der Waals surface area contributed by atoms with Crippen molar-refractivity contribution in [2.24, 2.45) is 0 Å². The van der Waals surface area contributed by atoms with Crippen LogP contribution in [0.25, 0.3) is 0 Å². The Kier molecular flexibility index (Phi) is 5.18. The minimum Gasteiger partial charge on any atom is -0.486 e. The highest BCUT2D eigenvalue weighted by atomic mass is 16.5. The van der Waals surface area contributed by atoms with Crippen molar-refractivity contribution in [1.29, 1.82) is 0 Å². The summed E-state index contributed by atoms with van der Waals surface area (Å²) in [6.45, 7) is 7.02. The molecule has 0 radical (unpaired) electrons. The van der Waals surface area contributed by atoms with Crippen molar-refractivity contribution in [3.63, 3.8) is 0 Å². The van der Waals surface area contributed by atoms with Crippen molar-refractivity contribution in [3.8, 4) is 5.75 Å². The Morgan fingerprint density at radius 2 is 2.05 bits per heavy atom. The van der Waals surface area contributed by atoms with Crippen molar-refractivity contribution in [2.45, 2.75) is 58.2 Å². The monoisotopic (exact) mass is 276 g/mol. The van der Waals surface area contributed by atoms with E-state index in [4.69, 9.17) is 9.47 Å². The van der Waals surface area contributed by atoms with Gasteiger partial charge < -0.3 is 9.47 Å². The van der Waals surface area contributed by atoms with Crippen molar-refractivity contribution in [1.82, 2.24) is 0 Å². The van der Waals surface area contributed by atoms with Crippen molar-refractivity contribution >= 4 is 5.78 Å². The number of ether oxygens (including phenoxy) is 2. The smallest absolute Gasteiger partial charge is 0.169 e. The van der Waals surface area contributed by atoms with E-state index in [1.165, 1.54) is 5.56 Å². The van der Waals surface area contributed by atoms with Gasteiger partial charge >= 0.3 is 0 Å². The zero-order valence-corrected chi connectivity index (χ0v) is 12.6. The van der Waals surface area contributed by atoms with Crippen LogP contribution in [0.5, 0.6) is 5.75 Å². The lowest BCUT2D eigenvalue weighted by Crippen LogP contribution is -2.52. The van der Waals surface area contributed by atoms with E-state index in [1.807, 2.05) is 25.1 Å². The summed E-state index contributed by atoms with van der Waals surface area (Å²) in [6, 6.07) is 8.10. The van der Waals surface area contributed by atoms with Gasteiger partial charge in [0.1, 0.15) is 11.9 Å². The van der Waals surface area contributed by atoms with Gasteiger partial charge in [-0.3, -0.25) is 4.79 Å². The fourth-order valence-corrected chi connectivity index (χ4v) is 2.39. The van der Waals surface area contributed by atoms with Crippen LogP contribution in [0.15, 0.2) is 24.3 Å². The third-order valence-corrected chi connectivity index (χ3v) is 3.90. The van der Waals surface area contributed by atoms with Gasteiger partial charge in [0, 0.05) is 13.0 Å². The molecule has 110 valence electrons. The molecular formula is C17H24O3. The Hall–Kier alpha value is -1.35. The molecule has 1 saturated carbocycles. The molecule has 3 nitrogen and oxygen atoms in total. The molecule has 0 heterocycles. The summed E-state index contributed by atoms with van der Waals surface area (Å²) in [7, 11) is 0. The lowest BCUT2D eigenvalue weighted by Gasteiger charge is -2.35. The molecule has 1 fully saturated rings. The number of carbonyl (C=O) groups excluding carboxylic acids is 1. The summed E-state index contributed by atoms with van der Waals surface area (Å²) < 4.78 is 11.6. The van der Waals surface area contributed by atoms with Gasteiger partial charge in [-0.25, -0.2) is 0 Å². The summed E-state index contributed by atoms with van der Waals surface area (Å²) in [6.07, 6.45) is 1.95. The Bertz CT molecular complexity index is 455. The van der Waals surface area contributed by atoms with E-state index in [1.54, 1.807) is 0 Å². The number of rotatable bonds is 7. The number of benzene rings is 1. The van der Waals surface area contributed by atoms with Gasteiger partial charge in [0.25, 0.3) is 0 Å². The summed E-state index contributed by atoms with van der Waals surface area (Å²) in [5.74, 6) is 1.51. The zero-order chi connectivity index (χ0) is 14.5. The fourth-order valence-electron chi connectivity index (χ4n) is 2.39. The highest BCUT2D eigenvalue weighted by Gasteiger charge is 2.42. The molecule has 3 unspecified atom stereocenters. The first-order valence-electron chi connectivity index (χ1n) is 7.57. The van der Waals surface area contributed by atoms with E-state index in [0.29, 0.717) is 18.9 Å². The maximum absolute atomic E-state index is 11.6. The maximum Gasteiger partial charge on any atom is 0.169 e. The van der Waals surface area contributed by atoms with Crippen LogP contribution in [0.1, 0.15) is 51.5 Å². The molecule has 2 rings (SSSR count). The Morgan fingerprint density at radius 3 is 2.70 bits per heavy atom. The molecule has 0 spiro atoms. The first kappa shape index (κ1) is 15.0. The van der Waals surface area contributed by atoms with Crippen LogP contribution >= 0.6 is 0 Å². The van der Waals surface area contributed by atoms with Gasteiger partial charge in [-0.2, -0.15) is 0 Å². The van der Waals surface area contributed by atoms with Crippen molar-refractivity contribution < 1.29 is 14.3 Å². The van der Waals surface area contributed by atoms with Gasteiger partial charge in [0.05, 0.1) is 0 Å². The second-order valence-electron chi connectivity index (χ2n) is 5.47. The Morgan fingerprint density at radius 1 is 1.30 bits per heavy atom. The summed E-state index contributed by atoms with van der Waals surface area (Å²) in [4.78, 5) is 11.6. The van der Waals surface area contributed by atoms with Crippen molar-refractivity contribution in [2.75, 3.05) is 6.61 Å². The molecule has 0 saturated heterocycles. The van der Waals surface area contributed by atoms with E-state index >= 15 is 0 Å². The SMILES string of the molecule is CCCOC1C(=O)CC1Oc1ccccc1C(C)CC. The largest absolute Gasteiger partial charge is 0.486 e. The highest BCUT2D eigenvalue weighted by Crippen LogP contribution is 2.32. The number of carbonyl (C=O) groups is 1. The van der Waals surface area contributed by atoms with Crippen LogP contribution in [-0.4, -0.2) is 24.6 Å². The highest BCUT2D eigenvalue weighted by molar-refractivity contribution is 5.90. The van der Waals surface area contributed by atoms with Gasteiger partial charge in [0.15, 0.2) is 11.9 Å². The van der Waals surface area contributed by atoms with Crippen molar-refractivity contribution in [3.05, 3.63) is 29.8 Å². The minimum atomic E-state index is -0.375. The lowest BCUT2D eigenvalue weighted by atomic mass is 9.89. The Balaban J connectivity index is 2.05. The van der Waals surface area contributed by atoms with E-state index in [2.05, 4.69) is 19.9 Å². The number of para-hydroxylation sites is 1. The predicted molar refractivity (Wildman–Crippen MR) is 79.2 cm³/mol. The predicted octanol–water partition coefficient (Wildman–Crippen LogP) is 3.72. The van der Waals surface area contributed by atoms with Crippen LogP contribution in [-0.2, 0) is 9.53 Å². The molecule has 0 aliphatic heterocycles. The number of ketones is 1. The average Bonchev–Trinajstić information content (AvgIpc) is 2.46. The molecule has 0 N–H and O–H groups in total. The van der Waals surface area contributed by atoms with Gasteiger partial charge in [-0.15, -0.1) is 0 Å². The van der Waals surface area contributed by atoms with Crippen LogP contribution < -0.4 is 4.74 Å². The van der Waals surface area contributed by atoms with Crippen LogP contribution in [0, 0.1) is 0 Å². The quantitative estimate of drug-likeness (QED) is 0.761. The standard InChI is InChI=1S/C17H24O3/c1-4-10-19-17-14(18)11-16(17)20-15-9-7-6-8-13(15)12(3)5-2/h6-9,12,16-17H,4-5,10-11H2,1-3H3. The topological polar surface area (TPSA) is 35.5 Å². The third-order valence-electron chi connectivity index (χ3n) is 3.90. The van der Waals surface area contributed by atoms with E-state index < -0.39 is 0 Å². The molecule has 1 aliphatic carbocycles. The summed E-state index contributed by atoms with van der Waals surface area (Å²) in [5.41, 5.74) is 1.21. The number of hydrogen-bond donors (Lipinski definition) is 0. The number of Topliss-reactive ketones (excluding diaryl/α,β-unsaturated/α-hetero) is 1. The maximum atomic E-state index is 11.6. The molecule has 0 aromatic heterocycles. The van der Waals surface area contributed by atoms with Crippen LogP contribution in [0.3, 0.4) is 0 Å². The summed E-state index contributed by atoms with van der Waals surface area (Å²) >= 11 is 0. The lowest BCUT2D eigenvalue weighted by molar-refractivity contribution is -0.154. The van der Waals surface area contributed by atoms with E-state index in [-0.39, 0.29) is 18.0 Å². The molecule has 1 aromatic rings. The molecule has 20 heavy (non-hydrogen) atoms. The summed E-state index contributed by atoms with van der Waals surface area (Å²) in [5, 5.41) is 0. The normalized spacial score (nSPS) is 23.2.